The van der Waals surface area contributed by atoms with Crippen molar-refractivity contribution >= 4 is 0 Å². The van der Waals surface area contributed by atoms with Crippen molar-refractivity contribution < 1.29 is 4.74 Å². The van der Waals surface area contributed by atoms with Crippen molar-refractivity contribution in [2.75, 3.05) is 26.7 Å². The second-order valence-electron chi connectivity index (χ2n) is 6.90. The fraction of sp³-hybridized carbons (Fsp3) is 0.381. The highest BCUT2D eigenvalue weighted by Gasteiger charge is 2.54. The van der Waals surface area contributed by atoms with Crippen molar-refractivity contribution in [3.05, 3.63) is 52.7 Å². The molecule has 6 heteroatoms. The maximum Gasteiger partial charge on any atom is 0.191 e. The van der Waals surface area contributed by atoms with Crippen LogP contribution in [0.2, 0.25) is 0 Å². The summed E-state index contributed by atoms with van der Waals surface area (Å²) < 4.78 is 5.51. The van der Waals surface area contributed by atoms with Gasteiger partial charge in [0.2, 0.25) is 0 Å². The summed E-state index contributed by atoms with van der Waals surface area (Å²) in [6.07, 6.45) is 1.99. The van der Waals surface area contributed by atoms with Crippen LogP contribution in [0.4, 0.5) is 0 Å². The average Bonchev–Trinajstić information content (AvgIpc) is 2.68. The van der Waals surface area contributed by atoms with Gasteiger partial charge in [0.05, 0.1) is 30.0 Å². The van der Waals surface area contributed by atoms with Gasteiger partial charge in [-0.25, -0.2) is 0 Å². The molecule has 1 heterocycles. The van der Waals surface area contributed by atoms with E-state index in [2.05, 4.69) is 23.1 Å². The average molecular weight is 359 g/mol. The summed E-state index contributed by atoms with van der Waals surface area (Å²) in [4.78, 5) is 2.12. The number of likely N-dealkylation sites (N-methyl/N-ethyl adjacent to an activating group) is 1. The molecule has 2 unspecified atom stereocenters. The molecule has 0 fully saturated rings. The van der Waals surface area contributed by atoms with E-state index in [9.17, 15) is 15.8 Å². The largest absolute Gasteiger partial charge is 0.494 e. The van der Waals surface area contributed by atoms with E-state index >= 15 is 0 Å². The fourth-order valence-corrected chi connectivity index (χ4v) is 4.14. The number of ether oxygens (including phenoxy) is 1. The monoisotopic (exact) mass is 359 g/mol. The maximum atomic E-state index is 10.00. The van der Waals surface area contributed by atoms with Gasteiger partial charge < -0.3 is 15.4 Å². The first-order valence-electron chi connectivity index (χ1n) is 8.86. The van der Waals surface area contributed by atoms with E-state index in [0.717, 1.165) is 16.9 Å². The van der Waals surface area contributed by atoms with Crippen molar-refractivity contribution in [3.63, 3.8) is 0 Å². The van der Waals surface area contributed by atoms with E-state index in [1.165, 1.54) is 0 Å². The predicted molar refractivity (Wildman–Crippen MR) is 99.9 cm³/mol. The molecule has 0 bridgehead atoms. The summed E-state index contributed by atoms with van der Waals surface area (Å²) >= 11 is 0. The van der Waals surface area contributed by atoms with Crippen LogP contribution in [0.1, 0.15) is 18.4 Å². The zero-order valence-corrected chi connectivity index (χ0v) is 15.4. The first-order valence-corrected chi connectivity index (χ1v) is 8.86. The number of rotatable bonds is 3. The molecule has 2 atom stereocenters. The molecule has 27 heavy (non-hydrogen) atoms. The third kappa shape index (κ3) is 2.83. The van der Waals surface area contributed by atoms with Gasteiger partial charge in [0.15, 0.2) is 5.41 Å². The summed E-state index contributed by atoms with van der Waals surface area (Å²) in [5.74, 6) is 0.103. The number of hydrogen-bond donors (Lipinski definition) is 1. The first-order chi connectivity index (χ1) is 13.0. The first kappa shape index (κ1) is 18.5. The number of nitriles is 3. The second kappa shape index (κ2) is 7.16. The number of benzene rings is 1. The molecular weight excluding hydrogens is 338 g/mol. The maximum absolute atomic E-state index is 10.00. The lowest BCUT2D eigenvalue weighted by Crippen LogP contribution is -2.47. The minimum Gasteiger partial charge on any atom is -0.494 e. The van der Waals surface area contributed by atoms with Crippen LogP contribution < -0.4 is 10.5 Å². The van der Waals surface area contributed by atoms with Gasteiger partial charge >= 0.3 is 0 Å². The number of nitrogens with two attached hydrogens (primary N) is 1. The Balaban J connectivity index is 2.23. The molecule has 0 saturated carbocycles. The summed E-state index contributed by atoms with van der Waals surface area (Å²) in [6, 6.07) is 13.9. The van der Waals surface area contributed by atoms with Gasteiger partial charge in [0.25, 0.3) is 0 Å². The Labute approximate surface area is 159 Å². The van der Waals surface area contributed by atoms with Crippen LogP contribution in [0.5, 0.6) is 5.75 Å². The third-order valence-corrected chi connectivity index (χ3v) is 5.40. The van der Waals surface area contributed by atoms with Gasteiger partial charge in [-0.3, -0.25) is 0 Å². The highest BCUT2D eigenvalue weighted by atomic mass is 16.5. The Kier molecular flexibility index (Phi) is 4.91. The molecule has 1 aliphatic carbocycles. The van der Waals surface area contributed by atoms with Gasteiger partial charge in [0, 0.05) is 24.9 Å². The Hall–Kier alpha value is -3.27. The number of fused-ring (bicyclic) bond motifs is 1. The van der Waals surface area contributed by atoms with Gasteiger partial charge in [0.1, 0.15) is 11.8 Å². The normalized spacial score (nSPS) is 24.0. The van der Waals surface area contributed by atoms with Crippen LogP contribution in [0.3, 0.4) is 0 Å². The molecule has 0 saturated heterocycles. The van der Waals surface area contributed by atoms with Crippen LogP contribution in [-0.4, -0.2) is 31.6 Å². The smallest absolute Gasteiger partial charge is 0.191 e. The highest BCUT2D eigenvalue weighted by Crippen LogP contribution is 2.54. The van der Waals surface area contributed by atoms with E-state index in [0.29, 0.717) is 19.7 Å². The molecule has 0 amide bonds. The molecular formula is C21H21N5O. The van der Waals surface area contributed by atoms with Crippen molar-refractivity contribution in [2.24, 2.45) is 17.1 Å². The molecule has 0 spiro atoms. The summed E-state index contributed by atoms with van der Waals surface area (Å²) in [6.45, 7) is 3.82. The molecule has 1 aromatic rings. The molecule has 0 aromatic heterocycles. The number of nitrogens with zero attached hydrogens (tertiary/aromatic N) is 4. The number of allylic oxidation sites excluding steroid dienone is 2. The van der Waals surface area contributed by atoms with Crippen LogP contribution in [0.25, 0.3) is 0 Å². The second-order valence-corrected chi connectivity index (χ2v) is 6.90. The van der Waals surface area contributed by atoms with E-state index in [1.807, 2.05) is 44.3 Å². The SMILES string of the molecule is CCOc1ccc(C2C3CN(C)CC=C3C(C#N)=C(N)C2(C#N)C#N)cc1. The predicted octanol–water partition coefficient (Wildman–Crippen LogP) is 2.44. The molecule has 3 rings (SSSR count). The van der Waals surface area contributed by atoms with Crippen molar-refractivity contribution in [3.8, 4) is 24.0 Å². The Morgan fingerprint density at radius 3 is 2.44 bits per heavy atom. The fourth-order valence-electron chi connectivity index (χ4n) is 4.14. The van der Waals surface area contributed by atoms with Crippen molar-refractivity contribution in [2.45, 2.75) is 12.8 Å². The number of hydrogen-bond acceptors (Lipinski definition) is 6. The van der Waals surface area contributed by atoms with E-state index in [4.69, 9.17) is 10.5 Å². The van der Waals surface area contributed by atoms with Crippen molar-refractivity contribution in [1.82, 2.24) is 4.90 Å². The van der Waals surface area contributed by atoms with Crippen LogP contribution in [0, 0.1) is 45.3 Å². The quantitative estimate of drug-likeness (QED) is 0.887. The Morgan fingerprint density at radius 1 is 1.22 bits per heavy atom. The summed E-state index contributed by atoms with van der Waals surface area (Å²) in [5, 5.41) is 29.7. The third-order valence-electron chi connectivity index (χ3n) is 5.40. The lowest BCUT2D eigenvalue weighted by atomic mass is 9.58. The minimum absolute atomic E-state index is 0.0564. The zero-order valence-electron chi connectivity index (χ0n) is 15.4. The Bertz CT molecular complexity index is 909. The van der Waals surface area contributed by atoms with Crippen LogP contribution in [0.15, 0.2) is 47.2 Å². The lowest BCUT2D eigenvalue weighted by molar-refractivity contribution is 0.237. The van der Waals surface area contributed by atoms with E-state index < -0.39 is 11.3 Å². The Morgan fingerprint density at radius 2 is 1.89 bits per heavy atom. The molecule has 0 radical (unpaired) electrons. The molecule has 1 aliphatic heterocycles. The van der Waals surface area contributed by atoms with Gasteiger partial charge in [-0.15, -0.1) is 0 Å². The van der Waals surface area contributed by atoms with E-state index in [-0.39, 0.29) is 17.2 Å². The molecule has 2 aliphatic rings. The zero-order chi connectivity index (χ0) is 19.6. The van der Waals surface area contributed by atoms with Crippen molar-refractivity contribution in [1.29, 1.82) is 15.8 Å². The van der Waals surface area contributed by atoms with Crippen LogP contribution >= 0.6 is 0 Å². The topological polar surface area (TPSA) is 110 Å². The van der Waals surface area contributed by atoms with Crippen LogP contribution in [-0.2, 0) is 0 Å². The molecule has 136 valence electrons. The molecule has 1 aromatic carbocycles. The van der Waals surface area contributed by atoms with E-state index in [1.54, 1.807) is 0 Å². The lowest BCUT2D eigenvalue weighted by Gasteiger charge is -2.45. The highest BCUT2D eigenvalue weighted by molar-refractivity contribution is 5.59. The summed E-state index contributed by atoms with van der Waals surface area (Å²) in [5.41, 5.74) is 6.70. The molecule has 6 nitrogen and oxygen atoms in total. The van der Waals surface area contributed by atoms with Gasteiger partial charge in [-0.2, -0.15) is 15.8 Å². The minimum atomic E-state index is -1.58. The van der Waals surface area contributed by atoms with Gasteiger partial charge in [-0.1, -0.05) is 18.2 Å². The molecule has 2 N–H and O–H groups in total. The van der Waals surface area contributed by atoms with Gasteiger partial charge in [-0.05, 0) is 37.2 Å². The summed E-state index contributed by atoms with van der Waals surface area (Å²) in [7, 11) is 1.98. The standard InChI is InChI=1S/C21H21N5O/c1-3-27-15-6-4-14(5-7-15)19-18-11-26(2)9-8-16(18)17(10-22)20(25)21(19,12-23)13-24/h4-8,18-19H,3,9,11,25H2,1-2H3.